The first kappa shape index (κ1) is 25.6. The highest BCUT2D eigenvalue weighted by molar-refractivity contribution is 7.99. The van der Waals surface area contributed by atoms with E-state index in [4.69, 9.17) is 16.3 Å². The highest BCUT2D eigenvalue weighted by atomic mass is 35.5. The second kappa shape index (κ2) is 11.9. The van der Waals surface area contributed by atoms with Crippen LogP contribution in [-0.2, 0) is 22.7 Å². The fourth-order valence-corrected chi connectivity index (χ4v) is 4.31. The van der Waals surface area contributed by atoms with E-state index in [1.165, 1.54) is 11.8 Å². The molecule has 1 aromatic heterocycles. The van der Waals surface area contributed by atoms with Crippen molar-refractivity contribution in [3.63, 3.8) is 0 Å². The summed E-state index contributed by atoms with van der Waals surface area (Å²) in [4.78, 5) is 24.7. The minimum absolute atomic E-state index is 0.0867. The third-order valence-electron chi connectivity index (χ3n) is 5.12. The third kappa shape index (κ3) is 6.74. The van der Waals surface area contributed by atoms with Gasteiger partial charge in [0.05, 0.1) is 12.3 Å². The monoisotopic (exact) mass is 501 g/mol. The molecule has 10 heteroatoms. The molecule has 0 radical (unpaired) electrons. The SMILES string of the molecule is CCn1c(CNC(=O)COc2c(C)cccc2C)nnc1SCC(=O)Nc1cc(Cl)ccc1C. The van der Waals surface area contributed by atoms with E-state index < -0.39 is 0 Å². The predicted molar refractivity (Wildman–Crippen MR) is 134 cm³/mol. The van der Waals surface area contributed by atoms with Gasteiger partial charge in [0, 0.05) is 17.3 Å². The van der Waals surface area contributed by atoms with Crippen molar-refractivity contribution in [1.29, 1.82) is 0 Å². The molecule has 3 rings (SSSR count). The fraction of sp³-hybridized carbons (Fsp3) is 0.333. The van der Waals surface area contributed by atoms with Gasteiger partial charge in [-0.05, 0) is 56.5 Å². The number of benzene rings is 2. The van der Waals surface area contributed by atoms with E-state index in [2.05, 4.69) is 20.8 Å². The quantitative estimate of drug-likeness (QED) is 0.402. The average molecular weight is 502 g/mol. The van der Waals surface area contributed by atoms with Crippen LogP contribution < -0.4 is 15.4 Å². The Morgan fingerprint density at radius 3 is 2.50 bits per heavy atom. The van der Waals surface area contributed by atoms with Gasteiger partial charge in [0.15, 0.2) is 17.6 Å². The first-order valence-electron chi connectivity index (χ1n) is 10.8. The van der Waals surface area contributed by atoms with Crippen LogP contribution in [0, 0.1) is 20.8 Å². The number of nitrogens with one attached hydrogen (secondary N) is 2. The van der Waals surface area contributed by atoms with Crippen molar-refractivity contribution in [2.45, 2.75) is 45.9 Å². The number of carbonyl (C=O) groups excluding carboxylic acids is 2. The molecule has 2 aromatic carbocycles. The van der Waals surface area contributed by atoms with E-state index in [0.29, 0.717) is 28.2 Å². The Bertz CT molecular complexity index is 1160. The van der Waals surface area contributed by atoms with Gasteiger partial charge in [0.2, 0.25) is 5.91 Å². The summed E-state index contributed by atoms with van der Waals surface area (Å²) in [6.07, 6.45) is 0. The molecule has 2 amide bonds. The van der Waals surface area contributed by atoms with Crippen LogP contribution in [0.4, 0.5) is 5.69 Å². The van der Waals surface area contributed by atoms with E-state index in [1.807, 2.05) is 56.5 Å². The molecule has 8 nitrogen and oxygen atoms in total. The number of anilines is 1. The molecule has 0 saturated heterocycles. The minimum Gasteiger partial charge on any atom is -0.483 e. The number of amides is 2. The van der Waals surface area contributed by atoms with Crippen LogP contribution in [0.3, 0.4) is 0 Å². The van der Waals surface area contributed by atoms with Gasteiger partial charge in [-0.15, -0.1) is 10.2 Å². The van der Waals surface area contributed by atoms with Gasteiger partial charge >= 0.3 is 0 Å². The van der Waals surface area contributed by atoms with Crippen molar-refractivity contribution >= 4 is 40.9 Å². The molecule has 0 fully saturated rings. The lowest BCUT2D eigenvalue weighted by Gasteiger charge is -2.12. The molecule has 0 aliphatic carbocycles. The molecule has 1 heterocycles. The molecule has 3 aromatic rings. The Balaban J connectivity index is 1.52. The first-order valence-corrected chi connectivity index (χ1v) is 12.2. The lowest BCUT2D eigenvalue weighted by molar-refractivity contribution is -0.123. The maximum Gasteiger partial charge on any atom is 0.258 e. The van der Waals surface area contributed by atoms with Crippen LogP contribution >= 0.6 is 23.4 Å². The lowest BCUT2D eigenvalue weighted by Crippen LogP contribution is -2.29. The van der Waals surface area contributed by atoms with Crippen LogP contribution in [0.2, 0.25) is 5.02 Å². The Hall–Kier alpha value is -3.04. The van der Waals surface area contributed by atoms with E-state index in [-0.39, 0.29) is 30.7 Å². The topological polar surface area (TPSA) is 98.1 Å². The molecule has 0 aliphatic rings. The normalized spacial score (nSPS) is 10.7. The van der Waals surface area contributed by atoms with E-state index in [0.717, 1.165) is 22.4 Å². The number of thioether (sulfide) groups is 1. The molecule has 2 N–H and O–H groups in total. The Morgan fingerprint density at radius 1 is 1.06 bits per heavy atom. The molecule has 0 aliphatic heterocycles. The Kier molecular flexibility index (Phi) is 8.95. The van der Waals surface area contributed by atoms with E-state index in [9.17, 15) is 9.59 Å². The van der Waals surface area contributed by atoms with E-state index in [1.54, 1.807) is 12.1 Å². The number of halogens is 1. The number of para-hydroxylation sites is 1. The zero-order valence-corrected chi connectivity index (χ0v) is 21.2. The van der Waals surface area contributed by atoms with Gasteiger partial charge in [-0.1, -0.05) is 47.6 Å². The Morgan fingerprint density at radius 2 is 1.79 bits per heavy atom. The van der Waals surface area contributed by atoms with Crippen molar-refractivity contribution < 1.29 is 14.3 Å². The lowest BCUT2D eigenvalue weighted by atomic mass is 10.1. The van der Waals surface area contributed by atoms with Gasteiger partial charge in [0.25, 0.3) is 5.91 Å². The molecule has 0 atom stereocenters. The second-order valence-electron chi connectivity index (χ2n) is 7.73. The zero-order chi connectivity index (χ0) is 24.7. The van der Waals surface area contributed by atoms with Crippen molar-refractivity contribution in [3.8, 4) is 5.75 Å². The number of ether oxygens (including phenoxy) is 1. The molecular formula is C24H28ClN5O3S. The number of aromatic nitrogens is 3. The van der Waals surface area contributed by atoms with Crippen LogP contribution in [-0.4, -0.2) is 38.9 Å². The fourth-order valence-electron chi connectivity index (χ4n) is 3.31. The van der Waals surface area contributed by atoms with Crippen LogP contribution in [0.5, 0.6) is 5.75 Å². The Labute approximate surface area is 208 Å². The van der Waals surface area contributed by atoms with Crippen LogP contribution in [0.1, 0.15) is 29.4 Å². The number of nitrogens with zero attached hydrogens (tertiary/aromatic N) is 3. The summed E-state index contributed by atoms with van der Waals surface area (Å²) in [5.74, 6) is 1.08. The molecular weight excluding hydrogens is 474 g/mol. The van der Waals surface area contributed by atoms with Crippen molar-refractivity contribution in [3.05, 3.63) is 63.9 Å². The number of rotatable bonds is 10. The van der Waals surface area contributed by atoms with Gasteiger partial charge in [-0.25, -0.2) is 0 Å². The third-order valence-corrected chi connectivity index (χ3v) is 6.32. The number of aryl methyl sites for hydroxylation is 3. The summed E-state index contributed by atoms with van der Waals surface area (Å²) >= 11 is 7.30. The average Bonchev–Trinajstić information content (AvgIpc) is 3.20. The summed E-state index contributed by atoms with van der Waals surface area (Å²) in [6.45, 7) is 8.48. The van der Waals surface area contributed by atoms with Crippen LogP contribution in [0.15, 0.2) is 41.6 Å². The largest absolute Gasteiger partial charge is 0.483 e. The molecule has 0 saturated carbocycles. The van der Waals surface area contributed by atoms with Gasteiger partial charge < -0.3 is 19.9 Å². The molecule has 180 valence electrons. The van der Waals surface area contributed by atoms with Gasteiger partial charge in [0.1, 0.15) is 5.75 Å². The maximum atomic E-state index is 12.4. The number of carbonyl (C=O) groups is 2. The van der Waals surface area contributed by atoms with Crippen molar-refractivity contribution in [2.75, 3.05) is 17.7 Å². The number of hydrogen-bond donors (Lipinski definition) is 2. The highest BCUT2D eigenvalue weighted by Crippen LogP contribution is 2.23. The van der Waals surface area contributed by atoms with E-state index >= 15 is 0 Å². The highest BCUT2D eigenvalue weighted by Gasteiger charge is 2.15. The molecule has 34 heavy (non-hydrogen) atoms. The van der Waals surface area contributed by atoms with Gasteiger partial charge in [-0.2, -0.15) is 0 Å². The summed E-state index contributed by atoms with van der Waals surface area (Å²) < 4.78 is 7.57. The van der Waals surface area contributed by atoms with Crippen molar-refractivity contribution in [1.82, 2.24) is 20.1 Å². The number of hydrogen-bond acceptors (Lipinski definition) is 6. The van der Waals surface area contributed by atoms with Crippen LogP contribution in [0.25, 0.3) is 0 Å². The summed E-state index contributed by atoms with van der Waals surface area (Å²) in [5, 5.41) is 15.2. The van der Waals surface area contributed by atoms with Crippen molar-refractivity contribution in [2.24, 2.45) is 0 Å². The molecule has 0 spiro atoms. The molecule has 0 unspecified atom stereocenters. The standard InChI is InChI=1S/C24H28ClN5O3S/c1-5-30-20(12-26-21(31)13-33-23-16(3)7-6-8-17(23)4)28-29-24(30)34-14-22(32)27-19-11-18(25)10-9-15(19)2/h6-11H,5,12-14H2,1-4H3,(H,26,31)(H,27,32). The minimum atomic E-state index is -0.251. The smallest absolute Gasteiger partial charge is 0.258 e. The second-order valence-corrected chi connectivity index (χ2v) is 9.10. The summed E-state index contributed by atoms with van der Waals surface area (Å²) in [5.41, 5.74) is 3.57. The predicted octanol–water partition coefficient (Wildman–Crippen LogP) is 4.30. The summed E-state index contributed by atoms with van der Waals surface area (Å²) in [6, 6.07) is 11.2. The zero-order valence-electron chi connectivity index (χ0n) is 19.6. The molecule has 0 bridgehead atoms. The summed E-state index contributed by atoms with van der Waals surface area (Å²) in [7, 11) is 0. The first-order chi connectivity index (χ1) is 16.3. The van der Waals surface area contributed by atoms with Gasteiger partial charge in [-0.3, -0.25) is 9.59 Å². The maximum absolute atomic E-state index is 12.4.